The van der Waals surface area contributed by atoms with E-state index in [1.54, 1.807) is 0 Å². The molecule has 0 bridgehead atoms. The zero-order valence-electron chi connectivity index (χ0n) is 10.8. The van der Waals surface area contributed by atoms with Gasteiger partial charge in [-0.05, 0) is 18.8 Å². The van der Waals surface area contributed by atoms with Gasteiger partial charge in [0.15, 0.2) is 14.9 Å². The second-order valence-electron chi connectivity index (χ2n) is 5.05. The SMILES string of the molecule is CS(=O)(=O)CS(=O)(=O)NC(C(N)=S)C1CCCCC1. The predicted octanol–water partition coefficient (Wildman–Crippen LogP) is 0.143. The van der Waals surface area contributed by atoms with E-state index in [2.05, 4.69) is 4.72 Å². The fraction of sp³-hybridized carbons (Fsp3) is 0.900. The third-order valence-electron chi connectivity index (χ3n) is 3.10. The van der Waals surface area contributed by atoms with Crippen molar-refractivity contribution in [3.63, 3.8) is 0 Å². The topological polar surface area (TPSA) is 106 Å². The Labute approximate surface area is 120 Å². The number of rotatable bonds is 6. The number of hydrogen-bond acceptors (Lipinski definition) is 5. The Morgan fingerprint density at radius 1 is 1.26 bits per heavy atom. The first-order valence-corrected chi connectivity index (χ1v) is 10.2. The van der Waals surface area contributed by atoms with Gasteiger partial charge in [0.25, 0.3) is 0 Å². The van der Waals surface area contributed by atoms with Crippen molar-refractivity contribution in [2.24, 2.45) is 11.7 Å². The van der Waals surface area contributed by atoms with Gasteiger partial charge in [0, 0.05) is 6.26 Å². The van der Waals surface area contributed by atoms with Crippen LogP contribution in [0.2, 0.25) is 0 Å². The molecule has 0 amide bonds. The second kappa shape index (κ2) is 6.47. The molecule has 6 nitrogen and oxygen atoms in total. The molecule has 1 unspecified atom stereocenters. The molecule has 0 aromatic rings. The first kappa shape index (κ1) is 16.8. The van der Waals surface area contributed by atoms with Crippen molar-refractivity contribution in [2.45, 2.75) is 38.1 Å². The molecule has 1 rings (SSSR count). The molecule has 0 saturated heterocycles. The van der Waals surface area contributed by atoms with Crippen LogP contribution < -0.4 is 10.5 Å². The molecule has 0 radical (unpaired) electrons. The molecular weight excluding hydrogens is 308 g/mol. The molecule has 1 aliphatic rings. The van der Waals surface area contributed by atoms with E-state index in [0.717, 1.165) is 38.4 Å². The summed E-state index contributed by atoms with van der Waals surface area (Å²) in [5.74, 6) is 0.0561. The van der Waals surface area contributed by atoms with Gasteiger partial charge in [-0.25, -0.2) is 21.6 Å². The van der Waals surface area contributed by atoms with E-state index in [9.17, 15) is 16.8 Å². The molecule has 9 heteroatoms. The molecule has 0 heterocycles. The highest BCUT2D eigenvalue weighted by Gasteiger charge is 2.30. The summed E-state index contributed by atoms with van der Waals surface area (Å²) < 4.78 is 48.1. The van der Waals surface area contributed by atoms with Gasteiger partial charge in [-0.2, -0.15) is 0 Å². The van der Waals surface area contributed by atoms with Crippen molar-refractivity contribution < 1.29 is 16.8 Å². The van der Waals surface area contributed by atoms with E-state index in [0.29, 0.717) is 0 Å². The summed E-state index contributed by atoms with van der Waals surface area (Å²) in [6.45, 7) is 0. The summed E-state index contributed by atoms with van der Waals surface area (Å²) in [4.78, 5) is 0.0731. The summed E-state index contributed by atoms with van der Waals surface area (Å²) in [5, 5.41) is -0.939. The number of sulfonamides is 1. The Hall–Kier alpha value is -0.250. The Balaban J connectivity index is 2.81. The number of nitrogens with one attached hydrogen (secondary N) is 1. The van der Waals surface area contributed by atoms with Crippen LogP contribution in [-0.4, -0.2) is 39.2 Å². The zero-order valence-corrected chi connectivity index (χ0v) is 13.3. The lowest BCUT2D eigenvalue weighted by Gasteiger charge is -2.29. The highest BCUT2D eigenvalue weighted by Crippen LogP contribution is 2.27. The molecule has 1 atom stereocenters. The van der Waals surface area contributed by atoms with Crippen molar-refractivity contribution in [2.75, 3.05) is 11.3 Å². The second-order valence-corrected chi connectivity index (χ2v) is 9.79. The van der Waals surface area contributed by atoms with Crippen LogP contribution in [-0.2, 0) is 19.9 Å². The van der Waals surface area contributed by atoms with E-state index < -0.39 is 31.0 Å². The summed E-state index contributed by atoms with van der Waals surface area (Å²) in [7, 11) is -7.56. The van der Waals surface area contributed by atoms with Gasteiger partial charge in [-0.3, -0.25) is 0 Å². The standard InChI is InChI=1S/C10H20N2O4S3/c1-18(13,14)7-19(15,16)12-9(10(11)17)8-5-3-2-4-6-8/h8-9,12H,2-7H2,1H3,(H2,11,17). The van der Waals surface area contributed by atoms with Crippen LogP contribution in [0.5, 0.6) is 0 Å². The van der Waals surface area contributed by atoms with E-state index in [1.807, 2.05) is 0 Å². The lowest BCUT2D eigenvalue weighted by molar-refractivity contribution is 0.330. The first-order valence-electron chi connectivity index (χ1n) is 6.08. The molecule has 0 aliphatic heterocycles. The van der Waals surface area contributed by atoms with Crippen molar-refractivity contribution >= 4 is 37.1 Å². The minimum Gasteiger partial charge on any atom is -0.392 e. The third-order valence-corrected chi connectivity index (χ3v) is 6.92. The maximum absolute atomic E-state index is 11.8. The molecule has 1 aliphatic carbocycles. The Morgan fingerprint density at radius 2 is 1.79 bits per heavy atom. The summed E-state index contributed by atoms with van der Waals surface area (Å²) in [6.07, 6.45) is 5.72. The van der Waals surface area contributed by atoms with Crippen LogP contribution in [0.3, 0.4) is 0 Å². The minimum atomic E-state index is -3.94. The van der Waals surface area contributed by atoms with Crippen LogP contribution in [0.4, 0.5) is 0 Å². The van der Waals surface area contributed by atoms with Crippen molar-refractivity contribution in [1.29, 1.82) is 0 Å². The molecule has 3 N–H and O–H groups in total. The quantitative estimate of drug-likeness (QED) is 0.672. The monoisotopic (exact) mass is 328 g/mol. The molecule has 19 heavy (non-hydrogen) atoms. The molecule has 1 fully saturated rings. The average Bonchev–Trinajstić information content (AvgIpc) is 2.23. The van der Waals surface area contributed by atoms with Crippen LogP contribution in [0.25, 0.3) is 0 Å². The maximum atomic E-state index is 11.8. The third kappa shape index (κ3) is 6.15. The molecule has 112 valence electrons. The van der Waals surface area contributed by atoms with Gasteiger partial charge < -0.3 is 5.73 Å². The minimum absolute atomic E-state index is 0.0561. The van der Waals surface area contributed by atoms with Gasteiger partial charge in [0.2, 0.25) is 10.0 Å². The normalized spacial score (nSPS) is 20.1. The predicted molar refractivity (Wildman–Crippen MR) is 78.9 cm³/mol. The number of hydrogen-bond donors (Lipinski definition) is 2. The van der Waals surface area contributed by atoms with Crippen molar-refractivity contribution in [3.05, 3.63) is 0 Å². The van der Waals surface area contributed by atoms with E-state index in [4.69, 9.17) is 18.0 Å². The number of nitrogens with two attached hydrogens (primary N) is 1. The lowest BCUT2D eigenvalue weighted by atomic mass is 9.84. The smallest absolute Gasteiger partial charge is 0.226 e. The Kier molecular flexibility index (Phi) is 5.72. The van der Waals surface area contributed by atoms with Crippen LogP contribution >= 0.6 is 12.2 Å². The first-order chi connectivity index (χ1) is 8.61. The molecular formula is C10H20N2O4S3. The largest absolute Gasteiger partial charge is 0.392 e. The zero-order chi connectivity index (χ0) is 14.7. The fourth-order valence-electron chi connectivity index (χ4n) is 2.36. The fourth-order valence-corrected chi connectivity index (χ4v) is 5.92. The summed E-state index contributed by atoms with van der Waals surface area (Å²) >= 11 is 4.91. The highest BCUT2D eigenvalue weighted by molar-refractivity contribution is 8.06. The molecule has 0 aromatic heterocycles. The Morgan fingerprint density at radius 3 is 2.21 bits per heavy atom. The van der Waals surface area contributed by atoms with E-state index in [-0.39, 0.29) is 10.9 Å². The van der Waals surface area contributed by atoms with Crippen LogP contribution in [0.1, 0.15) is 32.1 Å². The van der Waals surface area contributed by atoms with Gasteiger partial charge in [0.1, 0.15) is 0 Å². The van der Waals surface area contributed by atoms with Gasteiger partial charge >= 0.3 is 0 Å². The van der Waals surface area contributed by atoms with Crippen molar-refractivity contribution in [1.82, 2.24) is 4.72 Å². The van der Waals surface area contributed by atoms with E-state index >= 15 is 0 Å². The Bertz CT molecular complexity index is 521. The van der Waals surface area contributed by atoms with E-state index in [1.165, 1.54) is 0 Å². The maximum Gasteiger partial charge on any atom is 0.226 e. The van der Waals surface area contributed by atoms with Gasteiger partial charge in [-0.1, -0.05) is 31.5 Å². The van der Waals surface area contributed by atoms with Gasteiger partial charge in [0.05, 0.1) is 11.0 Å². The molecule has 0 spiro atoms. The van der Waals surface area contributed by atoms with Crippen molar-refractivity contribution in [3.8, 4) is 0 Å². The van der Waals surface area contributed by atoms with Crippen LogP contribution in [0, 0.1) is 5.92 Å². The molecule has 0 aromatic carbocycles. The van der Waals surface area contributed by atoms with Crippen LogP contribution in [0.15, 0.2) is 0 Å². The van der Waals surface area contributed by atoms with Gasteiger partial charge in [-0.15, -0.1) is 0 Å². The lowest BCUT2D eigenvalue weighted by Crippen LogP contribution is -2.49. The highest BCUT2D eigenvalue weighted by atomic mass is 32.3. The number of thiocarbonyl (C=S) groups is 1. The average molecular weight is 328 g/mol. The number of sulfone groups is 1. The molecule has 1 saturated carbocycles. The summed E-state index contributed by atoms with van der Waals surface area (Å²) in [5.41, 5.74) is 5.59. The summed E-state index contributed by atoms with van der Waals surface area (Å²) in [6, 6.07) is -0.651.